The fourth-order valence-electron chi connectivity index (χ4n) is 3.26. The van der Waals surface area contributed by atoms with Crippen molar-refractivity contribution in [1.29, 1.82) is 0 Å². The van der Waals surface area contributed by atoms with Crippen LogP contribution in [0.3, 0.4) is 0 Å². The molecule has 0 atom stereocenters. The van der Waals surface area contributed by atoms with Crippen molar-refractivity contribution in [3.05, 3.63) is 58.6 Å². The summed E-state index contributed by atoms with van der Waals surface area (Å²) in [5.41, 5.74) is 0.855. The van der Waals surface area contributed by atoms with E-state index in [-0.39, 0.29) is 21.6 Å². The van der Waals surface area contributed by atoms with Crippen LogP contribution in [0.4, 0.5) is 5.69 Å². The van der Waals surface area contributed by atoms with Gasteiger partial charge in [0.2, 0.25) is 10.0 Å². The van der Waals surface area contributed by atoms with Crippen molar-refractivity contribution >= 4 is 39.2 Å². The van der Waals surface area contributed by atoms with Crippen LogP contribution in [-0.2, 0) is 14.8 Å². The Hall–Kier alpha value is -2.42. The van der Waals surface area contributed by atoms with Crippen molar-refractivity contribution in [2.45, 2.75) is 44.1 Å². The summed E-state index contributed by atoms with van der Waals surface area (Å²) in [6.45, 7) is 4.46. The molecule has 0 aliphatic carbocycles. The zero-order valence-electron chi connectivity index (χ0n) is 17.4. The van der Waals surface area contributed by atoms with Crippen LogP contribution in [0.1, 0.15) is 53.8 Å². The molecule has 166 valence electrons. The minimum Gasteiger partial charge on any atom is -0.459 e. The second-order valence-electron chi connectivity index (χ2n) is 7.59. The first-order valence-corrected chi connectivity index (χ1v) is 11.9. The Kier molecular flexibility index (Phi) is 7.35. The monoisotopic (exact) mass is 464 g/mol. The summed E-state index contributed by atoms with van der Waals surface area (Å²) in [7, 11) is -3.69. The second-order valence-corrected chi connectivity index (χ2v) is 9.94. The van der Waals surface area contributed by atoms with Crippen LogP contribution in [0, 0.1) is 0 Å². The zero-order chi connectivity index (χ0) is 22.6. The molecule has 2 aromatic carbocycles. The van der Waals surface area contributed by atoms with E-state index in [4.69, 9.17) is 16.3 Å². The summed E-state index contributed by atoms with van der Waals surface area (Å²) in [6, 6.07) is 10.3. The van der Waals surface area contributed by atoms with Crippen LogP contribution in [0.15, 0.2) is 47.4 Å². The van der Waals surface area contributed by atoms with E-state index < -0.39 is 21.9 Å². The molecule has 31 heavy (non-hydrogen) atoms. The van der Waals surface area contributed by atoms with E-state index in [2.05, 4.69) is 5.32 Å². The minimum atomic E-state index is -3.69. The van der Waals surface area contributed by atoms with Crippen LogP contribution in [0.5, 0.6) is 0 Å². The van der Waals surface area contributed by atoms with E-state index in [1.807, 2.05) is 0 Å². The van der Waals surface area contributed by atoms with Crippen LogP contribution < -0.4 is 5.32 Å². The Morgan fingerprint density at radius 1 is 1.03 bits per heavy atom. The highest BCUT2D eigenvalue weighted by molar-refractivity contribution is 7.89. The summed E-state index contributed by atoms with van der Waals surface area (Å²) in [6.07, 6.45) is 2.42. The van der Waals surface area contributed by atoms with Gasteiger partial charge in [0.25, 0.3) is 5.91 Å². The van der Waals surface area contributed by atoms with Crippen molar-refractivity contribution in [2.24, 2.45) is 0 Å². The first-order chi connectivity index (χ1) is 14.7. The van der Waals surface area contributed by atoms with Gasteiger partial charge in [-0.3, -0.25) is 4.79 Å². The molecule has 0 bridgehead atoms. The first kappa shape index (κ1) is 23.2. The Bertz CT molecular complexity index is 1060. The van der Waals surface area contributed by atoms with Gasteiger partial charge in [0, 0.05) is 18.8 Å². The highest BCUT2D eigenvalue weighted by Gasteiger charge is 2.27. The van der Waals surface area contributed by atoms with Gasteiger partial charge in [0.05, 0.1) is 27.1 Å². The molecule has 0 unspecified atom stereocenters. The van der Waals surface area contributed by atoms with E-state index in [1.54, 1.807) is 38.1 Å². The summed E-state index contributed by atoms with van der Waals surface area (Å²) >= 11 is 6.18. The van der Waals surface area contributed by atoms with E-state index in [0.29, 0.717) is 24.3 Å². The molecule has 0 radical (unpaired) electrons. The van der Waals surface area contributed by atoms with E-state index in [0.717, 1.165) is 19.3 Å². The number of hydrogen-bond acceptors (Lipinski definition) is 5. The summed E-state index contributed by atoms with van der Waals surface area (Å²) in [5, 5.41) is 2.83. The molecule has 0 aromatic heterocycles. The Morgan fingerprint density at radius 2 is 1.68 bits per heavy atom. The number of carbonyl (C=O) groups excluding carboxylic acids is 2. The number of ether oxygens (including phenoxy) is 1. The quantitative estimate of drug-likeness (QED) is 0.642. The molecule has 3 rings (SSSR count). The molecule has 9 heteroatoms. The van der Waals surface area contributed by atoms with Crippen LogP contribution in [-0.4, -0.2) is 43.8 Å². The van der Waals surface area contributed by atoms with Gasteiger partial charge in [0.1, 0.15) is 0 Å². The average Bonchev–Trinajstić information content (AvgIpc) is 2.74. The number of nitrogens with one attached hydrogen (secondary N) is 1. The van der Waals surface area contributed by atoms with E-state index >= 15 is 0 Å². The van der Waals surface area contributed by atoms with Crippen molar-refractivity contribution in [1.82, 2.24) is 4.31 Å². The van der Waals surface area contributed by atoms with Gasteiger partial charge in [-0.15, -0.1) is 0 Å². The molecule has 2 aromatic rings. The largest absolute Gasteiger partial charge is 0.459 e. The number of rotatable bonds is 6. The van der Waals surface area contributed by atoms with Gasteiger partial charge < -0.3 is 10.1 Å². The molecule has 0 spiro atoms. The van der Waals surface area contributed by atoms with Gasteiger partial charge in [-0.1, -0.05) is 18.0 Å². The predicted molar refractivity (Wildman–Crippen MR) is 119 cm³/mol. The predicted octanol–water partition coefficient (Wildman–Crippen LogP) is 4.33. The minimum absolute atomic E-state index is 0.0377. The third-order valence-corrected chi connectivity index (χ3v) is 7.08. The van der Waals surface area contributed by atoms with Crippen molar-refractivity contribution in [3.8, 4) is 0 Å². The van der Waals surface area contributed by atoms with Crippen LogP contribution in [0.25, 0.3) is 0 Å². The molecule has 1 aliphatic rings. The maximum Gasteiger partial charge on any atom is 0.338 e. The molecule has 1 saturated heterocycles. The SMILES string of the molecule is CC(C)OC(=O)c1ccc(NC(=O)c2cc(S(=O)(=O)N3CCCCC3)ccc2Cl)cc1. The Morgan fingerprint density at radius 3 is 2.29 bits per heavy atom. The standard InChI is InChI=1S/C22H25ClN2O5S/c1-15(2)30-22(27)16-6-8-17(9-7-16)24-21(26)19-14-18(10-11-20(19)23)31(28,29)25-12-4-3-5-13-25/h6-11,14-15H,3-5,12-13H2,1-2H3,(H,24,26). The number of anilines is 1. The fraction of sp³-hybridized carbons (Fsp3) is 0.364. The van der Waals surface area contributed by atoms with Crippen molar-refractivity contribution in [2.75, 3.05) is 18.4 Å². The number of halogens is 1. The summed E-state index contributed by atoms with van der Waals surface area (Å²) in [4.78, 5) is 24.7. The number of carbonyl (C=O) groups is 2. The third kappa shape index (κ3) is 5.64. The molecular formula is C22H25ClN2O5S. The van der Waals surface area contributed by atoms with Gasteiger partial charge in [0.15, 0.2) is 0 Å². The van der Waals surface area contributed by atoms with Crippen molar-refractivity contribution < 1.29 is 22.7 Å². The maximum atomic E-state index is 12.9. The number of benzene rings is 2. The number of hydrogen-bond donors (Lipinski definition) is 1. The van der Waals surface area contributed by atoms with Crippen molar-refractivity contribution in [3.63, 3.8) is 0 Å². The van der Waals surface area contributed by atoms with Gasteiger partial charge >= 0.3 is 5.97 Å². The smallest absolute Gasteiger partial charge is 0.338 e. The summed E-state index contributed by atoms with van der Waals surface area (Å²) in [5.74, 6) is -0.996. The topological polar surface area (TPSA) is 92.8 Å². The fourth-order valence-corrected chi connectivity index (χ4v) is 5.01. The molecule has 1 aliphatic heterocycles. The highest BCUT2D eigenvalue weighted by Crippen LogP contribution is 2.26. The van der Waals surface area contributed by atoms with Gasteiger partial charge in [-0.05, 0) is 69.2 Å². The van der Waals surface area contributed by atoms with E-state index in [9.17, 15) is 18.0 Å². The number of sulfonamides is 1. The molecule has 1 N–H and O–H groups in total. The first-order valence-electron chi connectivity index (χ1n) is 10.1. The molecule has 1 heterocycles. The van der Waals surface area contributed by atoms with Gasteiger partial charge in [-0.2, -0.15) is 4.31 Å². The number of piperidine rings is 1. The lowest BCUT2D eigenvalue weighted by Crippen LogP contribution is -2.35. The average molecular weight is 465 g/mol. The lowest BCUT2D eigenvalue weighted by molar-refractivity contribution is 0.0378. The lowest BCUT2D eigenvalue weighted by Gasteiger charge is -2.26. The second kappa shape index (κ2) is 9.80. The lowest BCUT2D eigenvalue weighted by atomic mass is 10.2. The molecule has 0 saturated carbocycles. The Balaban J connectivity index is 1.77. The van der Waals surface area contributed by atoms with Crippen LogP contribution >= 0.6 is 11.6 Å². The Labute approximate surface area is 187 Å². The maximum absolute atomic E-state index is 12.9. The van der Waals surface area contributed by atoms with Gasteiger partial charge in [-0.25, -0.2) is 13.2 Å². The van der Waals surface area contributed by atoms with Crippen LogP contribution in [0.2, 0.25) is 5.02 Å². The molecular weight excluding hydrogens is 440 g/mol. The third-order valence-electron chi connectivity index (χ3n) is 4.86. The number of esters is 1. The number of nitrogens with zero attached hydrogens (tertiary/aromatic N) is 1. The molecule has 1 fully saturated rings. The normalized spacial score (nSPS) is 15.0. The molecule has 7 nitrogen and oxygen atoms in total. The summed E-state index contributed by atoms with van der Waals surface area (Å²) < 4.78 is 32.4. The molecule has 1 amide bonds. The zero-order valence-corrected chi connectivity index (χ0v) is 19.0. The van der Waals surface area contributed by atoms with E-state index in [1.165, 1.54) is 22.5 Å². The highest BCUT2D eigenvalue weighted by atomic mass is 35.5. The number of amides is 1.